The summed E-state index contributed by atoms with van der Waals surface area (Å²) in [6.45, 7) is 0. The van der Waals surface area contributed by atoms with E-state index in [1.165, 1.54) is 11.3 Å². The summed E-state index contributed by atoms with van der Waals surface area (Å²) < 4.78 is 0. The number of carboxylic acids is 1. The van der Waals surface area contributed by atoms with Gasteiger partial charge in [0.25, 0.3) is 0 Å². The lowest BCUT2D eigenvalue weighted by Gasteiger charge is -2.48. The fraction of sp³-hybridized carbons (Fsp3) is 0.615. The molecule has 6 heteroatoms. The Bertz CT molecular complexity index is 480. The standard InChI is InChI=1S/C13H16N2O3S/c16-11(15-13-14-5-6-19-13)9-7-1-3-8(4-2-7)10(9)12(17)18/h5-10H,1-4H2,(H,17,18)(H,14,15,16)/p-1/t7?,8?,9-,10+/m0/s1. The molecule has 1 amide bonds. The number of carbonyl (C=O) groups is 2. The van der Waals surface area contributed by atoms with E-state index < -0.39 is 17.8 Å². The van der Waals surface area contributed by atoms with E-state index in [0.717, 1.165) is 25.7 Å². The minimum atomic E-state index is -1.08. The van der Waals surface area contributed by atoms with Crippen molar-refractivity contribution < 1.29 is 14.7 Å². The number of aliphatic carboxylic acids is 1. The van der Waals surface area contributed by atoms with Gasteiger partial charge in [-0.15, -0.1) is 11.3 Å². The van der Waals surface area contributed by atoms with Crippen LogP contribution in [0, 0.1) is 23.7 Å². The van der Waals surface area contributed by atoms with Crippen molar-refractivity contribution in [3.8, 4) is 0 Å². The van der Waals surface area contributed by atoms with Crippen molar-refractivity contribution in [1.29, 1.82) is 0 Å². The van der Waals surface area contributed by atoms with Gasteiger partial charge in [-0.1, -0.05) is 0 Å². The van der Waals surface area contributed by atoms with Gasteiger partial charge in [-0.3, -0.25) is 4.79 Å². The molecule has 1 aromatic heterocycles. The van der Waals surface area contributed by atoms with E-state index >= 15 is 0 Å². The first-order chi connectivity index (χ1) is 9.16. The fourth-order valence-corrected chi connectivity index (χ4v) is 4.17. The summed E-state index contributed by atoms with van der Waals surface area (Å²) in [6.07, 6.45) is 5.33. The lowest BCUT2D eigenvalue weighted by Crippen LogP contribution is -2.52. The molecule has 1 aromatic rings. The number of amides is 1. The van der Waals surface area contributed by atoms with Crippen molar-refractivity contribution in [2.24, 2.45) is 23.7 Å². The van der Waals surface area contributed by atoms with E-state index in [1.807, 2.05) is 0 Å². The number of nitrogens with one attached hydrogen (secondary N) is 1. The van der Waals surface area contributed by atoms with Crippen LogP contribution in [0.5, 0.6) is 0 Å². The quantitative estimate of drug-likeness (QED) is 0.890. The molecule has 4 rings (SSSR count). The Balaban J connectivity index is 1.80. The van der Waals surface area contributed by atoms with Gasteiger partial charge in [0.15, 0.2) is 5.13 Å². The van der Waals surface area contributed by atoms with Crippen LogP contribution in [0.1, 0.15) is 25.7 Å². The average molecular weight is 279 g/mol. The summed E-state index contributed by atoms with van der Waals surface area (Å²) in [6, 6.07) is 0. The van der Waals surface area contributed by atoms with Crippen LogP contribution in [-0.4, -0.2) is 16.9 Å². The Morgan fingerprint density at radius 1 is 1.21 bits per heavy atom. The number of aromatic nitrogens is 1. The second-order valence-corrected chi connectivity index (χ2v) is 6.27. The van der Waals surface area contributed by atoms with Gasteiger partial charge in [0.2, 0.25) is 5.91 Å². The number of carbonyl (C=O) groups excluding carboxylic acids is 2. The van der Waals surface area contributed by atoms with Gasteiger partial charge in [-0.2, -0.15) is 0 Å². The smallest absolute Gasteiger partial charge is 0.230 e. The third-order valence-electron chi connectivity index (χ3n) is 4.46. The molecule has 1 N–H and O–H groups in total. The topological polar surface area (TPSA) is 82.1 Å². The zero-order valence-corrected chi connectivity index (χ0v) is 11.2. The number of carboxylic acid groups (broad SMARTS) is 1. The highest BCUT2D eigenvalue weighted by atomic mass is 32.1. The summed E-state index contributed by atoms with van der Waals surface area (Å²) >= 11 is 1.34. The molecule has 1 heterocycles. The van der Waals surface area contributed by atoms with Crippen molar-refractivity contribution in [3.05, 3.63) is 11.6 Å². The normalized spacial score (nSPS) is 33.1. The Morgan fingerprint density at radius 3 is 2.37 bits per heavy atom. The van der Waals surface area contributed by atoms with Crippen LogP contribution < -0.4 is 10.4 Å². The number of hydrogen-bond donors (Lipinski definition) is 1. The second kappa shape index (κ2) is 4.92. The molecule has 2 atom stereocenters. The van der Waals surface area contributed by atoms with Gasteiger partial charge in [-0.25, -0.2) is 4.98 Å². The van der Waals surface area contributed by atoms with Crippen LogP contribution in [0.2, 0.25) is 0 Å². The van der Waals surface area contributed by atoms with Crippen LogP contribution in [0.15, 0.2) is 11.6 Å². The van der Waals surface area contributed by atoms with Crippen molar-refractivity contribution in [3.63, 3.8) is 0 Å². The largest absolute Gasteiger partial charge is 0.550 e. The van der Waals surface area contributed by atoms with Crippen LogP contribution >= 0.6 is 11.3 Å². The maximum absolute atomic E-state index is 12.3. The summed E-state index contributed by atoms with van der Waals surface area (Å²) in [5.41, 5.74) is 0. The van der Waals surface area contributed by atoms with Crippen LogP contribution in [0.25, 0.3) is 0 Å². The van der Waals surface area contributed by atoms with Crippen molar-refractivity contribution in [1.82, 2.24) is 4.98 Å². The summed E-state index contributed by atoms with van der Waals surface area (Å²) in [4.78, 5) is 27.7. The molecule has 3 saturated carbocycles. The summed E-state index contributed by atoms with van der Waals surface area (Å²) in [5, 5.41) is 16.4. The molecule has 0 saturated heterocycles. The number of hydrogen-bond acceptors (Lipinski definition) is 5. The monoisotopic (exact) mass is 279 g/mol. The van der Waals surface area contributed by atoms with E-state index in [1.54, 1.807) is 11.6 Å². The molecule has 0 aliphatic heterocycles. The molecular weight excluding hydrogens is 264 g/mol. The first-order valence-electron chi connectivity index (χ1n) is 6.58. The number of thiazole rings is 1. The van der Waals surface area contributed by atoms with Gasteiger partial charge in [0.1, 0.15) is 0 Å². The van der Waals surface area contributed by atoms with E-state index in [2.05, 4.69) is 10.3 Å². The van der Waals surface area contributed by atoms with E-state index in [4.69, 9.17) is 0 Å². The van der Waals surface area contributed by atoms with Crippen LogP contribution in [0.3, 0.4) is 0 Å². The summed E-state index contributed by atoms with van der Waals surface area (Å²) in [7, 11) is 0. The predicted octanol–water partition coefficient (Wildman–Crippen LogP) is 0.884. The van der Waals surface area contributed by atoms with E-state index in [9.17, 15) is 14.7 Å². The van der Waals surface area contributed by atoms with Gasteiger partial charge < -0.3 is 15.2 Å². The minimum Gasteiger partial charge on any atom is -0.550 e. The van der Waals surface area contributed by atoms with Gasteiger partial charge in [0, 0.05) is 29.4 Å². The fourth-order valence-electron chi connectivity index (χ4n) is 3.64. The van der Waals surface area contributed by atoms with Crippen LogP contribution in [0.4, 0.5) is 5.13 Å². The SMILES string of the molecule is O=C([O-])[C@@H]1C2CCC(CC2)[C@@H]1C(=O)Nc1nccs1. The molecule has 3 fully saturated rings. The Hall–Kier alpha value is -1.43. The molecule has 3 aliphatic carbocycles. The van der Waals surface area contributed by atoms with Crippen molar-refractivity contribution in [2.45, 2.75) is 25.7 Å². The number of fused-ring (bicyclic) bond motifs is 3. The molecule has 0 radical (unpaired) electrons. The molecule has 3 aliphatic rings. The number of nitrogens with zero attached hydrogens (tertiary/aromatic N) is 1. The highest BCUT2D eigenvalue weighted by Crippen LogP contribution is 2.49. The van der Waals surface area contributed by atoms with Gasteiger partial charge in [-0.05, 0) is 37.5 Å². The lowest BCUT2D eigenvalue weighted by atomic mass is 9.58. The zero-order chi connectivity index (χ0) is 13.4. The molecule has 0 spiro atoms. The van der Waals surface area contributed by atoms with E-state index in [-0.39, 0.29) is 17.7 Å². The first kappa shape index (κ1) is 12.6. The Kier molecular flexibility index (Phi) is 3.26. The molecule has 5 nitrogen and oxygen atoms in total. The Morgan fingerprint density at radius 2 is 1.84 bits per heavy atom. The van der Waals surface area contributed by atoms with Crippen LogP contribution in [-0.2, 0) is 9.59 Å². The molecule has 0 unspecified atom stereocenters. The van der Waals surface area contributed by atoms with Crippen molar-refractivity contribution in [2.75, 3.05) is 5.32 Å². The summed E-state index contributed by atoms with van der Waals surface area (Å²) in [5.74, 6) is -2.10. The zero-order valence-electron chi connectivity index (χ0n) is 10.4. The molecule has 102 valence electrons. The third-order valence-corrected chi connectivity index (χ3v) is 5.15. The number of anilines is 1. The number of rotatable bonds is 3. The van der Waals surface area contributed by atoms with Gasteiger partial charge >= 0.3 is 0 Å². The van der Waals surface area contributed by atoms with Crippen molar-refractivity contribution >= 4 is 28.3 Å². The molecule has 0 aromatic carbocycles. The lowest BCUT2D eigenvalue weighted by molar-refractivity contribution is -0.318. The molecule has 19 heavy (non-hydrogen) atoms. The predicted molar refractivity (Wildman–Crippen MR) is 68.2 cm³/mol. The average Bonchev–Trinajstić information content (AvgIpc) is 2.91. The molecular formula is C13H15N2O3S-. The van der Waals surface area contributed by atoms with E-state index in [0.29, 0.717) is 5.13 Å². The van der Waals surface area contributed by atoms with Gasteiger partial charge in [0.05, 0.1) is 0 Å². The second-order valence-electron chi connectivity index (χ2n) is 5.37. The minimum absolute atomic E-state index is 0.0991. The highest BCUT2D eigenvalue weighted by molar-refractivity contribution is 7.13. The molecule has 2 bridgehead atoms. The Labute approximate surface area is 115 Å². The maximum atomic E-state index is 12.3. The highest BCUT2D eigenvalue weighted by Gasteiger charge is 2.47. The maximum Gasteiger partial charge on any atom is 0.230 e. The first-order valence-corrected chi connectivity index (χ1v) is 7.46. The third kappa shape index (κ3) is 2.25.